The van der Waals surface area contributed by atoms with Crippen LogP contribution in [0.25, 0.3) is 0 Å². The van der Waals surface area contributed by atoms with E-state index >= 15 is 0 Å². The highest BCUT2D eigenvalue weighted by Gasteiger charge is 2.14. The Hall–Kier alpha value is -1.93. The summed E-state index contributed by atoms with van der Waals surface area (Å²) in [5.41, 5.74) is 4.15. The summed E-state index contributed by atoms with van der Waals surface area (Å²) in [6.45, 7) is 0.530. The van der Waals surface area contributed by atoms with E-state index in [4.69, 9.17) is 4.74 Å². The molecular weight excluding hydrogens is 258 g/mol. The molecule has 1 aromatic heterocycles. The minimum absolute atomic E-state index is 0.224. The van der Waals surface area contributed by atoms with Gasteiger partial charge in [-0.25, -0.2) is 0 Å². The van der Waals surface area contributed by atoms with Crippen molar-refractivity contribution in [2.45, 2.75) is 0 Å². The molecular formula is C10H13N3O4S. The van der Waals surface area contributed by atoms with Crippen LogP contribution in [-0.4, -0.2) is 38.0 Å². The minimum Gasteiger partial charge on any atom is -0.383 e. The molecule has 8 heteroatoms. The van der Waals surface area contributed by atoms with Crippen molar-refractivity contribution in [3.8, 4) is 0 Å². The smallest absolute Gasteiger partial charge is 0.327 e. The SMILES string of the molecule is COCCNC(=O)C(=O)NNC(=O)c1cccs1. The standard InChI is InChI=1S/C10H13N3O4S/c1-17-5-4-11-9(15)10(16)13-12-8(14)7-3-2-6-18-7/h2-3,6H,4-5H2,1H3,(H,11,15)(H,12,14)(H,13,16). The molecule has 0 aliphatic heterocycles. The van der Waals surface area contributed by atoms with Crippen LogP contribution in [0.4, 0.5) is 0 Å². The summed E-state index contributed by atoms with van der Waals surface area (Å²) in [6.07, 6.45) is 0. The van der Waals surface area contributed by atoms with Crippen LogP contribution in [0, 0.1) is 0 Å². The van der Waals surface area contributed by atoms with Crippen molar-refractivity contribution < 1.29 is 19.1 Å². The molecule has 0 atom stereocenters. The maximum atomic E-state index is 11.4. The van der Waals surface area contributed by atoms with E-state index in [0.29, 0.717) is 11.5 Å². The molecule has 0 aliphatic rings. The Morgan fingerprint density at radius 3 is 2.67 bits per heavy atom. The van der Waals surface area contributed by atoms with E-state index in [1.165, 1.54) is 18.4 Å². The third-order valence-corrected chi connectivity index (χ3v) is 2.70. The van der Waals surface area contributed by atoms with Crippen molar-refractivity contribution in [3.05, 3.63) is 22.4 Å². The van der Waals surface area contributed by atoms with Gasteiger partial charge in [0.15, 0.2) is 0 Å². The second-order valence-electron chi connectivity index (χ2n) is 3.13. The zero-order chi connectivity index (χ0) is 13.4. The van der Waals surface area contributed by atoms with Crippen LogP contribution in [0.1, 0.15) is 9.67 Å². The lowest BCUT2D eigenvalue weighted by Crippen LogP contribution is -2.48. The summed E-state index contributed by atoms with van der Waals surface area (Å²) in [7, 11) is 1.48. The number of carbonyl (C=O) groups excluding carboxylic acids is 3. The molecule has 0 radical (unpaired) electrons. The number of ether oxygens (including phenoxy) is 1. The van der Waals surface area contributed by atoms with Gasteiger partial charge < -0.3 is 10.1 Å². The molecule has 18 heavy (non-hydrogen) atoms. The quantitative estimate of drug-likeness (QED) is 0.382. The fourth-order valence-corrected chi connectivity index (χ4v) is 1.61. The normalized spacial score (nSPS) is 9.61. The molecule has 0 spiro atoms. The summed E-state index contributed by atoms with van der Waals surface area (Å²) in [4.78, 5) is 34.3. The number of hydrogen-bond acceptors (Lipinski definition) is 5. The van der Waals surface area contributed by atoms with Gasteiger partial charge in [0, 0.05) is 13.7 Å². The zero-order valence-electron chi connectivity index (χ0n) is 9.69. The van der Waals surface area contributed by atoms with Gasteiger partial charge in [-0.15, -0.1) is 11.3 Å². The minimum atomic E-state index is -0.934. The van der Waals surface area contributed by atoms with E-state index < -0.39 is 17.7 Å². The first-order valence-electron chi connectivity index (χ1n) is 5.06. The Kier molecular flexibility index (Phi) is 5.81. The Labute approximate surface area is 107 Å². The maximum absolute atomic E-state index is 11.4. The van der Waals surface area contributed by atoms with Crippen LogP contribution in [0.15, 0.2) is 17.5 Å². The van der Waals surface area contributed by atoms with Crippen molar-refractivity contribution >= 4 is 29.1 Å². The van der Waals surface area contributed by atoms with E-state index in [1.807, 2.05) is 5.43 Å². The lowest BCUT2D eigenvalue weighted by Gasteiger charge is -2.06. The number of rotatable bonds is 4. The molecule has 0 aliphatic carbocycles. The van der Waals surface area contributed by atoms with Gasteiger partial charge in [-0.2, -0.15) is 0 Å². The van der Waals surface area contributed by atoms with Crippen LogP contribution < -0.4 is 16.2 Å². The molecule has 98 valence electrons. The Balaban J connectivity index is 2.28. The first-order valence-corrected chi connectivity index (χ1v) is 5.94. The van der Waals surface area contributed by atoms with E-state index in [9.17, 15) is 14.4 Å². The molecule has 0 unspecified atom stereocenters. The van der Waals surface area contributed by atoms with Gasteiger partial charge in [-0.05, 0) is 11.4 Å². The largest absolute Gasteiger partial charge is 0.383 e. The van der Waals surface area contributed by atoms with Crippen molar-refractivity contribution in [2.75, 3.05) is 20.3 Å². The summed E-state index contributed by atoms with van der Waals surface area (Å²) in [5, 5.41) is 4.05. The lowest BCUT2D eigenvalue weighted by molar-refractivity contribution is -0.139. The van der Waals surface area contributed by atoms with Gasteiger partial charge in [0.1, 0.15) is 0 Å². The molecule has 3 amide bonds. The average molecular weight is 271 g/mol. The molecule has 0 saturated carbocycles. The van der Waals surface area contributed by atoms with Crippen LogP contribution in [0.3, 0.4) is 0 Å². The number of methoxy groups -OCH3 is 1. The summed E-state index contributed by atoms with van der Waals surface area (Å²) in [5.74, 6) is -2.24. The van der Waals surface area contributed by atoms with Crippen molar-refractivity contribution in [1.29, 1.82) is 0 Å². The maximum Gasteiger partial charge on any atom is 0.327 e. The molecule has 0 fully saturated rings. The van der Waals surface area contributed by atoms with Gasteiger partial charge >= 0.3 is 11.8 Å². The van der Waals surface area contributed by atoms with E-state index in [0.717, 1.165) is 0 Å². The predicted octanol–water partition coefficient (Wildman–Crippen LogP) is -0.728. The van der Waals surface area contributed by atoms with E-state index in [2.05, 4.69) is 10.7 Å². The number of thiophene rings is 1. The first-order chi connectivity index (χ1) is 8.65. The van der Waals surface area contributed by atoms with Crippen LogP contribution in [0.5, 0.6) is 0 Å². The first kappa shape index (κ1) is 14.1. The molecule has 0 aromatic carbocycles. The Morgan fingerprint density at radius 2 is 2.06 bits per heavy atom. The topological polar surface area (TPSA) is 96.5 Å². The summed E-state index contributed by atoms with van der Waals surface area (Å²) < 4.78 is 4.70. The second kappa shape index (κ2) is 7.41. The second-order valence-corrected chi connectivity index (χ2v) is 4.08. The van der Waals surface area contributed by atoms with Gasteiger partial charge in [0.25, 0.3) is 5.91 Å². The van der Waals surface area contributed by atoms with Crippen LogP contribution >= 0.6 is 11.3 Å². The summed E-state index contributed by atoms with van der Waals surface area (Å²) >= 11 is 1.23. The van der Waals surface area contributed by atoms with E-state index in [-0.39, 0.29) is 6.54 Å². The number of amides is 3. The monoisotopic (exact) mass is 271 g/mol. The fourth-order valence-electron chi connectivity index (χ4n) is 0.987. The lowest BCUT2D eigenvalue weighted by atomic mass is 10.4. The van der Waals surface area contributed by atoms with Crippen molar-refractivity contribution in [3.63, 3.8) is 0 Å². The Morgan fingerprint density at radius 1 is 1.28 bits per heavy atom. The third-order valence-electron chi connectivity index (χ3n) is 1.83. The molecule has 1 rings (SSSR count). The highest BCUT2D eigenvalue weighted by atomic mass is 32.1. The predicted molar refractivity (Wildman–Crippen MR) is 64.8 cm³/mol. The highest BCUT2D eigenvalue weighted by molar-refractivity contribution is 7.12. The van der Waals surface area contributed by atoms with Gasteiger partial charge in [0.05, 0.1) is 11.5 Å². The van der Waals surface area contributed by atoms with Gasteiger partial charge in [-0.1, -0.05) is 6.07 Å². The third kappa shape index (κ3) is 4.52. The van der Waals surface area contributed by atoms with E-state index in [1.54, 1.807) is 17.5 Å². The van der Waals surface area contributed by atoms with Crippen molar-refractivity contribution in [1.82, 2.24) is 16.2 Å². The van der Waals surface area contributed by atoms with Crippen LogP contribution in [0.2, 0.25) is 0 Å². The number of hydrazine groups is 1. The Bertz CT molecular complexity index is 419. The highest BCUT2D eigenvalue weighted by Crippen LogP contribution is 2.06. The van der Waals surface area contributed by atoms with Gasteiger partial charge in [-0.3, -0.25) is 25.2 Å². The molecule has 0 saturated heterocycles. The molecule has 7 nitrogen and oxygen atoms in total. The fraction of sp³-hybridized carbons (Fsp3) is 0.300. The van der Waals surface area contributed by atoms with Gasteiger partial charge in [0.2, 0.25) is 0 Å². The zero-order valence-corrected chi connectivity index (χ0v) is 10.5. The molecule has 0 bridgehead atoms. The molecule has 1 aromatic rings. The number of hydrogen-bond donors (Lipinski definition) is 3. The molecule has 1 heterocycles. The van der Waals surface area contributed by atoms with Crippen LogP contribution in [-0.2, 0) is 14.3 Å². The summed E-state index contributed by atoms with van der Waals surface area (Å²) in [6, 6.07) is 3.31. The van der Waals surface area contributed by atoms with Crippen molar-refractivity contribution in [2.24, 2.45) is 0 Å². The number of nitrogens with one attached hydrogen (secondary N) is 3. The molecule has 3 N–H and O–H groups in total. The number of carbonyl (C=O) groups is 3. The average Bonchev–Trinajstić information content (AvgIpc) is 2.89.